The van der Waals surface area contributed by atoms with Gasteiger partial charge in [0.25, 0.3) is 0 Å². The van der Waals surface area contributed by atoms with Crippen LogP contribution >= 0.6 is 0 Å². The van der Waals surface area contributed by atoms with Crippen molar-refractivity contribution in [3.63, 3.8) is 0 Å². The van der Waals surface area contributed by atoms with Gasteiger partial charge < -0.3 is 10.2 Å². The first-order chi connectivity index (χ1) is 12.1. The molecule has 1 aliphatic rings. The molecular formula is C21H29N3O. The lowest BCUT2D eigenvalue weighted by Gasteiger charge is -2.39. The maximum Gasteiger partial charge on any atom is 0.225 e. The molecule has 1 saturated heterocycles. The molecule has 1 amide bonds. The summed E-state index contributed by atoms with van der Waals surface area (Å²) in [5, 5.41) is 4.92. The highest BCUT2D eigenvalue weighted by atomic mass is 16.2. The van der Waals surface area contributed by atoms with E-state index in [2.05, 4.69) is 46.4 Å². The summed E-state index contributed by atoms with van der Waals surface area (Å²) in [5.74, 6) is 0.908. The van der Waals surface area contributed by atoms with E-state index in [9.17, 15) is 4.79 Å². The van der Waals surface area contributed by atoms with E-state index in [0.29, 0.717) is 17.9 Å². The minimum Gasteiger partial charge on any atom is -0.342 e. The fourth-order valence-electron chi connectivity index (χ4n) is 3.76. The number of rotatable bonds is 5. The molecule has 1 N–H and O–H groups in total. The van der Waals surface area contributed by atoms with Crippen molar-refractivity contribution in [1.29, 1.82) is 0 Å². The molecule has 1 fully saturated rings. The predicted octanol–water partition coefficient (Wildman–Crippen LogP) is 3.61. The van der Waals surface area contributed by atoms with E-state index < -0.39 is 0 Å². The van der Waals surface area contributed by atoms with E-state index >= 15 is 0 Å². The van der Waals surface area contributed by atoms with Crippen LogP contribution in [0.4, 0.5) is 0 Å². The molecule has 134 valence electrons. The molecule has 1 aromatic carbocycles. The molecule has 2 atom stereocenters. The highest BCUT2D eigenvalue weighted by Crippen LogP contribution is 2.22. The van der Waals surface area contributed by atoms with Gasteiger partial charge in [-0.2, -0.15) is 0 Å². The number of nitrogens with one attached hydrogen (secondary N) is 1. The monoisotopic (exact) mass is 339 g/mol. The lowest BCUT2D eigenvalue weighted by atomic mass is 9.89. The van der Waals surface area contributed by atoms with Crippen molar-refractivity contribution >= 4 is 16.8 Å². The number of hydrogen-bond donors (Lipinski definition) is 1. The van der Waals surface area contributed by atoms with Crippen molar-refractivity contribution < 1.29 is 4.79 Å². The van der Waals surface area contributed by atoms with Gasteiger partial charge in [0, 0.05) is 43.2 Å². The Labute approximate surface area is 150 Å². The zero-order chi connectivity index (χ0) is 17.8. The van der Waals surface area contributed by atoms with Gasteiger partial charge in [0.05, 0.1) is 5.52 Å². The van der Waals surface area contributed by atoms with Gasteiger partial charge in [0.1, 0.15) is 0 Å². The van der Waals surface area contributed by atoms with Crippen LogP contribution in [-0.4, -0.2) is 34.9 Å². The standard InChI is InChI=1S/C21H29N3O/c1-4-17-14-24(21(25)15(2)3)11-9-20(17)23-13-16-7-8-19-18(12-16)6-5-10-22-19/h5-8,10,12,15,17,20,23H,4,9,11,13-14H2,1-3H3/t17-,20+/m1/s1. The van der Waals surface area contributed by atoms with Gasteiger partial charge in [0.2, 0.25) is 5.91 Å². The van der Waals surface area contributed by atoms with Crippen molar-refractivity contribution in [3.8, 4) is 0 Å². The highest BCUT2D eigenvalue weighted by Gasteiger charge is 2.30. The van der Waals surface area contributed by atoms with Crippen LogP contribution in [0.2, 0.25) is 0 Å². The van der Waals surface area contributed by atoms with Crippen molar-refractivity contribution in [3.05, 3.63) is 42.1 Å². The van der Waals surface area contributed by atoms with E-state index in [1.807, 2.05) is 26.1 Å². The summed E-state index contributed by atoms with van der Waals surface area (Å²) in [7, 11) is 0. The summed E-state index contributed by atoms with van der Waals surface area (Å²) >= 11 is 0. The number of carbonyl (C=O) groups excluding carboxylic acids is 1. The topological polar surface area (TPSA) is 45.2 Å². The molecule has 2 heterocycles. The Morgan fingerprint density at radius 1 is 1.36 bits per heavy atom. The van der Waals surface area contributed by atoms with Crippen LogP contribution in [0.1, 0.15) is 39.2 Å². The average Bonchev–Trinajstić information content (AvgIpc) is 2.65. The molecule has 4 nitrogen and oxygen atoms in total. The average molecular weight is 339 g/mol. The van der Waals surface area contributed by atoms with Crippen LogP contribution in [0.25, 0.3) is 10.9 Å². The second-order valence-electron chi connectivity index (χ2n) is 7.41. The number of likely N-dealkylation sites (tertiary alicyclic amines) is 1. The SMILES string of the molecule is CC[C@@H]1CN(C(=O)C(C)C)CC[C@@H]1NCc1ccc2ncccc2c1. The zero-order valence-electron chi connectivity index (χ0n) is 15.5. The van der Waals surface area contributed by atoms with E-state index in [-0.39, 0.29) is 5.92 Å². The number of pyridine rings is 1. The van der Waals surface area contributed by atoms with Crippen LogP contribution in [-0.2, 0) is 11.3 Å². The molecule has 25 heavy (non-hydrogen) atoms. The van der Waals surface area contributed by atoms with Crippen molar-refractivity contribution in [2.24, 2.45) is 11.8 Å². The van der Waals surface area contributed by atoms with Crippen LogP contribution < -0.4 is 5.32 Å². The molecule has 0 radical (unpaired) electrons. The molecule has 3 rings (SSSR count). The van der Waals surface area contributed by atoms with Gasteiger partial charge in [-0.05, 0) is 36.1 Å². The summed E-state index contributed by atoms with van der Waals surface area (Å²) in [6.07, 6.45) is 3.96. The number of nitrogens with zero attached hydrogens (tertiary/aromatic N) is 2. The quantitative estimate of drug-likeness (QED) is 0.905. The fraction of sp³-hybridized carbons (Fsp3) is 0.524. The Morgan fingerprint density at radius 3 is 2.96 bits per heavy atom. The minimum absolute atomic E-state index is 0.0909. The van der Waals surface area contributed by atoms with Gasteiger partial charge in [0.15, 0.2) is 0 Å². The smallest absolute Gasteiger partial charge is 0.225 e. The van der Waals surface area contributed by atoms with E-state index in [0.717, 1.165) is 38.0 Å². The highest BCUT2D eigenvalue weighted by molar-refractivity contribution is 5.79. The van der Waals surface area contributed by atoms with Gasteiger partial charge in [-0.1, -0.05) is 39.3 Å². The molecule has 0 saturated carbocycles. The molecule has 0 aliphatic carbocycles. The van der Waals surface area contributed by atoms with Crippen molar-refractivity contribution in [1.82, 2.24) is 15.2 Å². The first-order valence-electron chi connectivity index (χ1n) is 9.44. The maximum absolute atomic E-state index is 12.3. The van der Waals surface area contributed by atoms with E-state index in [1.54, 1.807) is 0 Å². The van der Waals surface area contributed by atoms with Gasteiger partial charge >= 0.3 is 0 Å². The third kappa shape index (κ3) is 4.18. The zero-order valence-corrected chi connectivity index (χ0v) is 15.5. The van der Waals surface area contributed by atoms with Crippen LogP contribution in [0.5, 0.6) is 0 Å². The minimum atomic E-state index is 0.0909. The summed E-state index contributed by atoms with van der Waals surface area (Å²) in [4.78, 5) is 18.7. The van der Waals surface area contributed by atoms with Gasteiger partial charge in [-0.15, -0.1) is 0 Å². The molecule has 2 aromatic rings. The summed E-state index contributed by atoms with van der Waals surface area (Å²) in [6.45, 7) is 8.82. The maximum atomic E-state index is 12.3. The summed E-state index contributed by atoms with van der Waals surface area (Å²) in [5.41, 5.74) is 2.33. The number of aromatic nitrogens is 1. The Hall–Kier alpha value is -1.94. The van der Waals surface area contributed by atoms with Crippen molar-refractivity contribution in [2.75, 3.05) is 13.1 Å². The number of amides is 1. The Balaban J connectivity index is 1.61. The molecule has 4 heteroatoms. The van der Waals surface area contributed by atoms with Gasteiger partial charge in [-0.3, -0.25) is 9.78 Å². The molecule has 1 aliphatic heterocycles. The van der Waals surface area contributed by atoms with Crippen LogP contribution in [0.3, 0.4) is 0 Å². The number of hydrogen-bond acceptors (Lipinski definition) is 3. The molecule has 0 bridgehead atoms. The fourth-order valence-corrected chi connectivity index (χ4v) is 3.76. The summed E-state index contributed by atoms with van der Waals surface area (Å²) < 4.78 is 0. The first kappa shape index (κ1) is 17.9. The first-order valence-corrected chi connectivity index (χ1v) is 9.44. The molecular weight excluding hydrogens is 310 g/mol. The molecule has 1 aromatic heterocycles. The Bertz CT molecular complexity index is 728. The predicted molar refractivity (Wildman–Crippen MR) is 102 cm³/mol. The van der Waals surface area contributed by atoms with Crippen molar-refractivity contribution in [2.45, 2.75) is 46.2 Å². The lowest BCUT2D eigenvalue weighted by Crippen LogP contribution is -2.51. The second kappa shape index (κ2) is 7.96. The molecule has 0 spiro atoms. The van der Waals surface area contributed by atoms with Crippen LogP contribution in [0, 0.1) is 11.8 Å². The largest absolute Gasteiger partial charge is 0.342 e. The van der Waals surface area contributed by atoms with Crippen LogP contribution in [0.15, 0.2) is 36.5 Å². The number of carbonyl (C=O) groups is 1. The van der Waals surface area contributed by atoms with Gasteiger partial charge in [-0.25, -0.2) is 0 Å². The van der Waals surface area contributed by atoms with E-state index in [4.69, 9.17) is 0 Å². The molecule has 0 unspecified atom stereocenters. The number of fused-ring (bicyclic) bond motifs is 1. The summed E-state index contributed by atoms with van der Waals surface area (Å²) in [6, 6.07) is 11.0. The Kier molecular flexibility index (Phi) is 5.69. The third-order valence-corrected chi connectivity index (χ3v) is 5.30. The normalized spacial score (nSPS) is 21.0. The number of piperidine rings is 1. The number of benzene rings is 1. The lowest BCUT2D eigenvalue weighted by molar-refractivity contribution is -0.136. The Morgan fingerprint density at radius 2 is 2.20 bits per heavy atom. The third-order valence-electron chi connectivity index (χ3n) is 5.30. The van der Waals surface area contributed by atoms with E-state index in [1.165, 1.54) is 10.9 Å². The second-order valence-corrected chi connectivity index (χ2v) is 7.41.